The molecular formula is C19H20BrNO4. The number of halogens is 1. The van der Waals surface area contributed by atoms with Gasteiger partial charge in [-0.05, 0) is 50.3 Å². The van der Waals surface area contributed by atoms with Gasteiger partial charge in [0.15, 0.2) is 11.3 Å². The molecule has 1 N–H and O–H groups in total. The van der Waals surface area contributed by atoms with Crippen LogP contribution in [0.2, 0.25) is 0 Å². The molecule has 1 aliphatic rings. The molecule has 1 heterocycles. The van der Waals surface area contributed by atoms with E-state index >= 15 is 0 Å². The molecule has 1 aromatic carbocycles. The Morgan fingerprint density at radius 3 is 2.88 bits per heavy atom. The molecule has 6 heteroatoms. The average molecular weight is 406 g/mol. The first-order valence-electron chi connectivity index (χ1n) is 8.36. The molecule has 0 saturated carbocycles. The van der Waals surface area contributed by atoms with Gasteiger partial charge in [0.25, 0.3) is 5.91 Å². The SMILES string of the molecule is COc1cc(Br)cc2cc(C(=O)NCCC3=CCCCC3)c(=O)oc12. The van der Waals surface area contributed by atoms with E-state index < -0.39 is 11.5 Å². The molecule has 0 aliphatic heterocycles. The molecule has 0 radical (unpaired) electrons. The summed E-state index contributed by atoms with van der Waals surface area (Å²) in [6.07, 6.45) is 7.75. The molecule has 0 atom stereocenters. The molecule has 1 aromatic heterocycles. The predicted octanol–water partition coefficient (Wildman–Crippen LogP) is 4.18. The Morgan fingerprint density at radius 1 is 1.32 bits per heavy atom. The zero-order chi connectivity index (χ0) is 17.8. The third-order valence-corrected chi connectivity index (χ3v) is 4.80. The second kappa shape index (κ2) is 7.87. The van der Waals surface area contributed by atoms with E-state index in [2.05, 4.69) is 27.3 Å². The Kier molecular flexibility index (Phi) is 5.58. The molecule has 2 aromatic rings. The average Bonchev–Trinajstić information content (AvgIpc) is 2.61. The van der Waals surface area contributed by atoms with Crippen molar-refractivity contribution in [3.8, 4) is 5.75 Å². The van der Waals surface area contributed by atoms with Crippen LogP contribution in [0.3, 0.4) is 0 Å². The topological polar surface area (TPSA) is 68.5 Å². The Labute approximate surface area is 154 Å². The number of carbonyl (C=O) groups is 1. The highest BCUT2D eigenvalue weighted by atomic mass is 79.9. The Hall–Kier alpha value is -2.08. The largest absolute Gasteiger partial charge is 0.493 e. The molecule has 0 spiro atoms. The number of hydrogen-bond donors (Lipinski definition) is 1. The van der Waals surface area contributed by atoms with Gasteiger partial charge in [0.2, 0.25) is 0 Å². The third-order valence-electron chi connectivity index (χ3n) is 4.34. The lowest BCUT2D eigenvalue weighted by Gasteiger charge is -2.13. The number of methoxy groups -OCH3 is 1. The van der Waals surface area contributed by atoms with E-state index in [0.29, 0.717) is 23.3 Å². The maximum atomic E-state index is 12.4. The fourth-order valence-corrected chi connectivity index (χ4v) is 3.50. The van der Waals surface area contributed by atoms with Crippen molar-refractivity contribution in [3.05, 3.63) is 50.3 Å². The molecule has 1 aliphatic carbocycles. The molecule has 132 valence electrons. The molecule has 5 nitrogen and oxygen atoms in total. The van der Waals surface area contributed by atoms with E-state index in [1.807, 2.05) is 0 Å². The Balaban J connectivity index is 1.78. The monoisotopic (exact) mass is 405 g/mol. The van der Waals surface area contributed by atoms with Crippen LogP contribution in [-0.4, -0.2) is 19.6 Å². The molecule has 0 fully saturated rings. The van der Waals surface area contributed by atoms with Gasteiger partial charge >= 0.3 is 5.63 Å². The van der Waals surface area contributed by atoms with Gasteiger partial charge in [-0.1, -0.05) is 27.6 Å². The third kappa shape index (κ3) is 4.12. The van der Waals surface area contributed by atoms with E-state index in [-0.39, 0.29) is 5.56 Å². The highest BCUT2D eigenvalue weighted by Crippen LogP contribution is 2.29. The first kappa shape index (κ1) is 17.7. The number of rotatable bonds is 5. The normalized spacial score (nSPS) is 14.2. The minimum absolute atomic E-state index is 0.00489. The summed E-state index contributed by atoms with van der Waals surface area (Å²) in [5, 5.41) is 3.44. The first-order valence-corrected chi connectivity index (χ1v) is 9.15. The lowest BCUT2D eigenvalue weighted by molar-refractivity contribution is 0.0950. The van der Waals surface area contributed by atoms with Gasteiger partial charge in [-0.25, -0.2) is 4.79 Å². The number of ether oxygens (including phenoxy) is 1. The summed E-state index contributed by atoms with van der Waals surface area (Å²) in [5.74, 6) is 0.0312. The van der Waals surface area contributed by atoms with Crippen molar-refractivity contribution >= 4 is 32.8 Å². The van der Waals surface area contributed by atoms with Crippen molar-refractivity contribution in [3.63, 3.8) is 0 Å². The van der Waals surface area contributed by atoms with Crippen LogP contribution in [-0.2, 0) is 0 Å². The lowest BCUT2D eigenvalue weighted by atomic mass is 9.97. The maximum Gasteiger partial charge on any atom is 0.349 e. The minimum Gasteiger partial charge on any atom is -0.493 e. The van der Waals surface area contributed by atoms with E-state index in [4.69, 9.17) is 9.15 Å². The zero-order valence-corrected chi connectivity index (χ0v) is 15.6. The summed E-state index contributed by atoms with van der Waals surface area (Å²) in [6, 6.07) is 5.04. The minimum atomic E-state index is -0.664. The highest BCUT2D eigenvalue weighted by Gasteiger charge is 2.16. The van der Waals surface area contributed by atoms with Crippen LogP contribution in [0, 0.1) is 0 Å². The number of allylic oxidation sites excluding steroid dienone is 1. The second-order valence-electron chi connectivity index (χ2n) is 6.09. The molecule has 1 amide bonds. The van der Waals surface area contributed by atoms with Crippen LogP contribution in [0.1, 0.15) is 42.5 Å². The number of carbonyl (C=O) groups excluding carboxylic acids is 1. The van der Waals surface area contributed by atoms with Gasteiger partial charge < -0.3 is 14.5 Å². The van der Waals surface area contributed by atoms with Gasteiger partial charge in [-0.15, -0.1) is 0 Å². The van der Waals surface area contributed by atoms with Crippen molar-refractivity contribution in [2.24, 2.45) is 0 Å². The predicted molar refractivity (Wildman–Crippen MR) is 100 cm³/mol. The van der Waals surface area contributed by atoms with E-state index in [9.17, 15) is 9.59 Å². The number of nitrogens with one attached hydrogen (secondary N) is 1. The summed E-state index contributed by atoms with van der Waals surface area (Å²) in [7, 11) is 1.50. The molecule has 3 rings (SSSR count). The van der Waals surface area contributed by atoms with E-state index in [0.717, 1.165) is 23.7 Å². The Bertz CT molecular complexity index is 885. The van der Waals surface area contributed by atoms with Crippen LogP contribution in [0.5, 0.6) is 5.75 Å². The quantitative estimate of drug-likeness (QED) is 0.598. The van der Waals surface area contributed by atoms with Crippen LogP contribution < -0.4 is 15.7 Å². The molecular weight excluding hydrogens is 386 g/mol. The van der Waals surface area contributed by atoms with Gasteiger partial charge in [0, 0.05) is 16.4 Å². The van der Waals surface area contributed by atoms with Crippen LogP contribution in [0.25, 0.3) is 11.0 Å². The highest BCUT2D eigenvalue weighted by molar-refractivity contribution is 9.10. The standard InChI is InChI=1S/C19H20BrNO4/c1-24-16-11-14(20)9-13-10-15(19(23)25-17(13)16)18(22)21-8-7-12-5-3-2-4-6-12/h5,9-11H,2-4,6-8H2,1H3,(H,21,22). The first-order chi connectivity index (χ1) is 12.1. The number of benzene rings is 1. The summed E-state index contributed by atoms with van der Waals surface area (Å²) in [5.41, 5.74) is 1.05. The van der Waals surface area contributed by atoms with E-state index in [1.54, 1.807) is 18.2 Å². The van der Waals surface area contributed by atoms with Gasteiger partial charge in [-0.3, -0.25) is 4.79 Å². The summed E-state index contributed by atoms with van der Waals surface area (Å²) in [6.45, 7) is 0.518. The fourth-order valence-electron chi connectivity index (χ4n) is 3.04. The van der Waals surface area contributed by atoms with Crippen LogP contribution in [0.4, 0.5) is 0 Å². The molecule has 0 bridgehead atoms. The van der Waals surface area contributed by atoms with Crippen molar-refractivity contribution in [1.82, 2.24) is 5.32 Å². The lowest BCUT2D eigenvalue weighted by Crippen LogP contribution is -2.29. The van der Waals surface area contributed by atoms with Crippen LogP contribution in [0.15, 0.2) is 43.5 Å². The van der Waals surface area contributed by atoms with Crippen molar-refractivity contribution in [1.29, 1.82) is 0 Å². The van der Waals surface area contributed by atoms with Crippen molar-refractivity contribution < 1.29 is 13.9 Å². The summed E-state index contributed by atoms with van der Waals surface area (Å²) < 4.78 is 11.3. The van der Waals surface area contributed by atoms with E-state index in [1.165, 1.54) is 25.5 Å². The van der Waals surface area contributed by atoms with Gasteiger partial charge in [-0.2, -0.15) is 0 Å². The smallest absolute Gasteiger partial charge is 0.349 e. The van der Waals surface area contributed by atoms with Crippen molar-refractivity contribution in [2.45, 2.75) is 32.1 Å². The van der Waals surface area contributed by atoms with Gasteiger partial charge in [0.1, 0.15) is 5.56 Å². The fraction of sp³-hybridized carbons (Fsp3) is 0.368. The number of hydrogen-bond acceptors (Lipinski definition) is 4. The van der Waals surface area contributed by atoms with Crippen molar-refractivity contribution in [2.75, 3.05) is 13.7 Å². The molecule has 0 saturated heterocycles. The molecule has 25 heavy (non-hydrogen) atoms. The molecule has 0 unspecified atom stereocenters. The number of amides is 1. The summed E-state index contributed by atoms with van der Waals surface area (Å²) in [4.78, 5) is 24.5. The zero-order valence-electron chi connectivity index (χ0n) is 14.1. The van der Waals surface area contributed by atoms with Gasteiger partial charge in [0.05, 0.1) is 7.11 Å². The second-order valence-corrected chi connectivity index (χ2v) is 7.00. The number of fused-ring (bicyclic) bond motifs is 1. The summed E-state index contributed by atoms with van der Waals surface area (Å²) >= 11 is 3.38. The van der Waals surface area contributed by atoms with Crippen LogP contribution >= 0.6 is 15.9 Å². The Morgan fingerprint density at radius 2 is 2.16 bits per heavy atom. The maximum absolute atomic E-state index is 12.4.